The van der Waals surface area contributed by atoms with E-state index in [0.29, 0.717) is 11.3 Å². The molecule has 2 radical (unpaired) electrons. The second-order valence-electron chi connectivity index (χ2n) is 4.39. The van der Waals surface area contributed by atoms with Crippen LogP contribution in [0.4, 0.5) is 0 Å². The number of nitrogens with one attached hydrogen (secondary N) is 1. The molecular formula is C11H13BN2O. The third-order valence-electron chi connectivity index (χ3n) is 3.45. The van der Waals surface area contributed by atoms with Gasteiger partial charge in [-0.25, -0.2) is 4.98 Å². The maximum absolute atomic E-state index is 5.63. The number of pyridine rings is 1. The molecule has 3 rings (SSSR count). The summed E-state index contributed by atoms with van der Waals surface area (Å²) >= 11 is 0. The van der Waals surface area contributed by atoms with E-state index in [1.54, 1.807) is 6.20 Å². The molecule has 3 atom stereocenters. The average Bonchev–Trinajstić information content (AvgIpc) is 2.71. The number of rotatable bonds is 3. The summed E-state index contributed by atoms with van der Waals surface area (Å²) in [6.45, 7) is 3.12. The number of hydrogen-bond donors (Lipinski definition) is 1. The molecular weight excluding hydrogens is 187 g/mol. The number of ether oxygens (including phenoxy) is 1. The lowest BCUT2D eigenvalue weighted by Gasteiger charge is -2.07. The predicted molar refractivity (Wildman–Crippen MR) is 58.5 cm³/mol. The molecule has 0 aromatic carbocycles. The maximum atomic E-state index is 5.63. The van der Waals surface area contributed by atoms with Gasteiger partial charge >= 0.3 is 0 Å². The van der Waals surface area contributed by atoms with Crippen LogP contribution in [0.5, 0.6) is 5.88 Å². The molecule has 0 amide bonds. The van der Waals surface area contributed by atoms with Gasteiger partial charge in [0.05, 0.1) is 6.61 Å². The standard InChI is InChI=1S/C11H13BN2O/c12-7-1-2-11(14-3-7)15-6-10-8-4-13-5-9(8)10/h1-3,8-10,13H,4-6H2/t8-,9+,10?. The Morgan fingerprint density at radius 1 is 1.40 bits per heavy atom. The molecule has 1 saturated heterocycles. The number of piperidine rings is 1. The molecule has 1 aromatic rings. The Kier molecular flexibility index (Phi) is 2.17. The zero-order valence-electron chi connectivity index (χ0n) is 8.52. The highest BCUT2D eigenvalue weighted by atomic mass is 16.5. The first-order valence-electron chi connectivity index (χ1n) is 5.39. The first-order chi connectivity index (χ1) is 7.34. The molecule has 3 nitrogen and oxygen atoms in total. The topological polar surface area (TPSA) is 34.1 Å². The SMILES string of the molecule is [B]c1ccc(OCC2[C@H]3CNC[C@@H]23)nc1. The van der Waals surface area contributed by atoms with E-state index < -0.39 is 0 Å². The minimum Gasteiger partial charge on any atom is -0.477 e. The van der Waals surface area contributed by atoms with Crippen LogP contribution in [0.15, 0.2) is 18.3 Å². The molecule has 1 unspecified atom stereocenters. The van der Waals surface area contributed by atoms with E-state index in [2.05, 4.69) is 10.3 Å². The highest BCUT2D eigenvalue weighted by Crippen LogP contribution is 2.48. The Morgan fingerprint density at radius 2 is 2.20 bits per heavy atom. The first-order valence-corrected chi connectivity index (χ1v) is 5.39. The molecule has 0 bridgehead atoms. The highest BCUT2D eigenvalue weighted by Gasteiger charge is 2.52. The van der Waals surface area contributed by atoms with Crippen LogP contribution < -0.4 is 15.5 Å². The molecule has 1 aliphatic heterocycles. The fraction of sp³-hybridized carbons (Fsp3) is 0.545. The molecule has 1 saturated carbocycles. The van der Waals surface area contributed by atoms with Crippen molar-refractivity contribution in [3.8, 4) is 5.88 Å². The molecule has 1 N–H and O–H groups in total. The summed E-state index contributed by atoms with van der Waals surface area (Å²) in [6, 6.07) is 3.64. The van der Waals surface area contributed by atoms with Crippen molar-refractivity contribution in [3.05, 3.63) is 18.3 Å². The Hall–Kier alpha value is -1.03. The van der Waals surface area contributed by atoms with Crippen molar-refractivity contribution < 1.29 is 4.74 Å². The number of hydrogen-bond acceptors (Lipinski definition) is 3. The van der Waals surface area contributed by atoms with Crippen LogP contribution in [-0.4, -0.2) is 32.5 Å². The number of fused-ring (bicyclic) bond motifs is 1. The summed E-state index contributed by atoms with van der Waals surface area (Å²) in [5, 5.41) is 3.37. The average molecular weight is 200 g/mol. The normalized spacial score (nSPS) is 32.4. The van der Waals surface area contributed by atoms with Gasteiger partial charge in [0.25, 0.3) is 0 Å². The quantitative estimate of drug-likeness (QED) is 0.681. The van der Waals surface area contributed by atoms with E-state index in [1.165, 1.54) is 0 Å². The van der Waals surface area contributed by atoms with Gasteiger partial charge in [0.2, 0.25) is 5.88 Å². The lowest BCUT2D eigenvalue weighted by atomic mass is 9.99. The predicted octanol–water partition coefficient (Wildman–Crippen LogP) is -0.280. The zero-order chi connectivity index (χ0) is 10.3. The maximum Gasteiger partial charge on any atom is 0.213 e. The monoisotopic (exact) mass is 200 g/mol. The summed E-state index contributed by atoms with van der Waals surface area (Å²) in [4.78, 5) is 4.11. The highest BCUT2D eigenvalue weighted by molar-refractivity contribution is 6.32. The molecule has 15 heavy (non-hydrogen) atoms. The van der Waals surface area contributed by atoms with Crippen molar-refractivity contribution in [1.29, 1.82) is 0 Å². The van der Waals surface area contributed by atoms with Crippen molar-refractivity contribution >= 4 is 13.3 Å². The molecule has 76 valence electrons. The Balaban J connectivity index is 1.52. The van der Waals surface area contributed by atoms with Crippen molar-refractivity contribution in [2.45, 2.75) is 0 Å². The van der Waals surface area contributed by atoms with E-state index >= 15 is 0 Å². The van der Waals surface area contributed by atoms with Crippen molar-refractivity contribution in [2.24, 2.45) is 17.8 Å². The van der Waals surface area contributed by atoms with E-state index in [4.69, 9.17) is 12.6 Å². The summed E-state index contributed by atoms with van der Waals surface area (Å²) in [5.41, 5.74) is 0.676. The fourth-order valence-corrected chi connectivity index (χ4v) is 2.45. The molecule has 2 fully saturated rings. The lowest BCUT2D eigenvalue weighted by molar-refractivity contribution is 0.271. The van der Waals surface area contributed by atoms with Gasteiger partial charge in [0.1, 0.15) is 7.85 Å². The summed E-state index contributed by atoms with van der Waals surface area (Å²) < 4.78 is 5.63. The van der Waals surface area contributed by atoms with Crippen LogP contribution in [0.1, 0.15) is 0 Å². The van der Waals surface area contributed by atoms with E-state index in [-0.39, 0.29) is 0 Å². The van der Waals surface area contributed by atoms with Crippen LogP contribution in [0.3, 0.4) is 0 Å². The van der Waals surface area contributed by atoms with Crippen LogP contribution in [-0.2, 0) is 0 Å². The molecule has 1 aromatic heterocycles. The Bertz CT molecular complexity index is 344. The smallest absolute Gasteiger partial charge is 0.213 e. The van der Waals surface area contributed by atoms with Crippen molar-refractivity contribution in [1.82, 2.24) is 10.3 Å². The van der Waals surface area contributed by atoms with Gasteiger partial charge in [-0.1, -0.05) is 11.5 Å². The zero-order valence-corrected chi connectivity index (χ0v) is 8.52. The third kappa shape index (κ3) is 1.74. The van der Waals surface area contributed by atoms with Crippen LogP contribution in [0.2, 0.25) is 0 Å². The first kappa shape index (κ1) is 9.22. The van der Waals surface area contributed by atoms with Gasteiger partial charge in [-0.15, -0.1) is 0 Å². The van der Waals surface area contributed by atoms with Crippen molar-refractivity contribution in [2.75, 3.05) is 19.7 Å². The van der Waals surface area contributed by atoms with Gasteiger partial charge in [-0.05, 0) is 31.0 Å². The van der Waals surface area contributed by atoms with Crippen LogP contribution in [0, 0.1) is 17.8 Å². The van der Waals surface area contributed by atoms with E-state index in [9.17, 15) is 0 Å². The minimum absolute atomic E-state index is 0.676. The molecule has 2 aliphatic rings. The summed E-state index contributed by atoms with van der Waals surface area (Å²) in [5.74, 6) is 3.12. The van der Waals surface area contributed by atoms with Gasteiger partial charge in [-0.3, -0.25) is 0 Å². The van der Waals surface area contributed by atoms with Crippen LogP contribution >= 0.6 is 0 Å². The van der Waals surface area contributed by atoms with Gasteiger partial charge in [0, 0.05) is 12.1 Å². The Morgan fingerprint density at radius 3 is 2.87 bits per heavy atom. The molecule has 2 heterocycles. The van der Waals surface area contributed by atoms with Crippen LogP contribution in [0.25, 0.3) is 0 Å². The third-order valence-corrected chi connectivity index (χ3v) is 3.45. The molecule has 1 aliphatic carbocycles. The summed E-state index contributed by atoms with van der Waals surface area (Å²) in [6.07, 6.45) is 1.63. The van der Waals surface area contributed by atoms with E-state index in [0.717, 1.165) is 37.5 Å². The Labute approximate surface area is 90.6 Å². The number of aromatic nitrogens is 1. The van der Waals surface area contributed by atoms with Crippen molar-refractivity contribution in [3.63, 3.8) is 0 Å². The van der Waals surface area contributed by atoms with Gasteiger partial charge in [0.15, 0.2) is 0 Å². The van der Waals surface area contributed by atoms with Gasteiger partial charge < -0.3 is 10.1 Å². The van der Waals surface area contributed by atoms with E-state index in [1.807, 2.05) is 12.1 Å². The van der Waals surface area contributed by atoms with Gasteiger partial charge in [-0.2, -0.15) is 0 Å². The lowest BCUT2D eigenvalue weighted by Crippen LogP contribution is -2.18. The number of nitrogens with zero attached hydrogens (tertiary/aromatic N) is 1. The summed E-state index contributed by atoms with van der Waals surface area (Å²) in [7, 11) is 5.54. The fourth-order valence-electron chi connectivity index (χ4n) is 2.45. The minimum atomic E-state index is 0.676. The molecule has 4 heteroatoms. The molecule has 0 spiro atoms. The second-order valence-corrected chi connectivity index (χ2v) is 4.39. The largest absolute Gasteiger partial charge is 0.477 e. The second kappa shape index (κ2) is 3.52.